The van der Waals surface area contributed by atoms with E-state index in [1.165, 1.54) is 11.9 Å². The van der Waals surface area contributed by atoms with Gasteiger partial charge in [0.2, 0.25) is 0 Å². The molecule has 0 amide bonds. The van der Waals surface area contributed by atoms with E-state index < -0.39 is 17.5 Å². The molecule has 1 aliphatic rings. The van der Waals surface area contributed by atoms with Crippen molar-refractivity contribution in [3.8, 4) is 0 Å². The molecule has 0 bridgehead atoms. The first-order chi connectivity index (χ1) is 14.1. The summed E-state index contributed by atoms with van der Waals surface area (Å²) in [6.45, 7) is 4.27. The molecule has 29 heavy (non-hydrogen) atoms. The molecule has 2 aromatic carbocycles. The van der Waals surface area contributed by atoms with Crippen molar-refractivity contribution < 1.29 is 13.2 Å². The van der Waals surface area contributed by atoms with Crippen molar-refractivity contribution in [3.63, 3.8) is 0 Å². The van der Waals surface area contributed by atoms with Crippen LogP contribution in [0.2, 0.25) is 0 Å². The lowest BCUT2D eigenvalue weighted by Gasteiger charge is -2.35. The van der Waals surface area contributed by atoms with Gasteiger partial charge in [-0.2, -0.15) is 0 Å². The van der Waals surface area contributed by atoms with E-state index in [4.69, 9.17) is 0 Å². The summed E-state index contributed by atoms with van der Waals surface area (Å²) in [5, 5.41) is 2.69. The van der Waals surface area contributed by atoms with Gasteiger partial charge in [0.25, 0.3) is 0 Å². The first-order valence-corrected chi connectivity index (χ1v) is 9.34. The summed E-state index contributed by atoms with van der Waals surface area (Å²) in [6.07, 6.45) is 1.37. The fraction of sp³-hybridized carbons (Fsp3) is 0.238. The van der Waals surface area contributed by atoms with E-state index in [1.54, 1.807) is 6.07 Å². The van der Waals surface area contributed by atoms with Gasteiger partial charge in [-0.25, -0.2) is 23.1 Å². The van der Waals surface area contributed by atoms with Crippen LogP contribution in [0.4, 0.5) is 30.5 Å². The molecule has 1 fully saturated rings. The Kier molecular flexibility index (Phi) is 5.62. The Bertz CT molecular complexity index is 975. The van der Waals surface area contributed by atoms with Gasteiger partial charge >= 0.3 is 0 Å². The summed E-state index contributed by atoms with van der Waals surface area (Å²) in [7, 11) is 0. The van der Waals surface area contributed by atoms with Crippen LogP contribution in [-0.4, -0.2) is 41.0 Å². The number of rotatable bonds is 5. The van der Waals surface area contributed by atoms with Crippen LogP contribution in [0, 0.1) is 17.5 Å². The summed E-state index contributed by atoms with van der Waals surface area (Å²) >= 11 is 0. The van der Waals surface area contributed by atoms with Crippen molar-refractivity contribution >= 4 is 17.3 Å². The highest BCUT2D eigenvalue weighted by molar-refractivity contribution is 5.60. The Morgan fingerprint density at radius 1 is 0.862 bits per heavy atom. The van der Waals surface area contributed by atoms with Gasteiger partial charge in [0, 0.05) is 38.8 Å². The number of piperazine rings is 1. The molecule has 4 rings (SSSR count). The molecule has 0 unspecified atom stereocenters. The molecule has 0 aliphatic carbocycles. The van der Waals surface area contributed by atoms with Crippen LogP contribution in [0.3, 0.4) is 0 Å². The Labute approximate surface area is 166 Å². The normalized spacial score (nSPS) is 14.8. The second-order valence-corrected chi connectivity index (χ2v) is 6.86. The number of hydrogen-bond acceptors (Lipinski definition) is 5. The van der Waals surface area contributed by atoms with Gasteiger partial charge in [-0.05, 0) is 17.7 Å². The minimum absolute atomic E-state index is 0.179. The predicted octanol–water partition coefficient (Wildman–Crippen LogP) is 3.96. The van der Waals surface area contributed by atoms with Crippen molar-refractivity contribution in [1.82, 2.24) is 14.9 Å². The topological polar surface area (TPSA) is 44.3 Å². The number of benzene rings is 2. The minimum Gasteiger partial charge on any atom is -0.354 e. The second-order valence-electron chi connectivity index (χ2n) is 6.86. The Hall–Kier alpha value is -3.13. The number of nitrogens with zero attached hydrogens (tertiary/aromatic N) is 4. The molecule has 8 heteroatoms. The monoisotopic (exact) mass is 399 g/mol. The van der Waals surface area contributed by atoms with Crippen molar-refractivity contribution in [2.24, 2.45) is 0 Å². The predicted molar refractivity (Wildman–Crippen MR) is 106 cm³/mol. The molecule has 1 aliphatic heterocycles. The number of anilines is 3. The van der Waals surface area contributed by atoms with Gasteiger partial charge in [0.1, 0.15) is 18.0 Å². The van der Waals surface area contributed by atoms with Crippen LogP contribution in [0.5, 0.6) is 0 Å². The largest absolute Gasteiger partial charge is 0.354 e. The quantitative estimate of drug-likeness (QED) is 0.658. The molecular weight excluding hydrogens is 379 g/mol. The van der Waals surface area contributed by atoms with E-state index in [1.807, 2.05) is 18.2 Å². The molecule has 0 radical (unpaired) electrons. The van der Waals surface area contributed by atoms with Crippen LogP contribution in [-0.2, 0) is 6.54 Å². The standard InChI is InChI=1S/C21H20F3N5/c22-16-6-7-17(21(24)20(16)23)27-18-12-19(26-14-25-18)29-10-8-28(9-11-29)13-15-4-2-1-3-5-15/h1-7,12,14H,8-11,13H2,(H,25,26,27). The van der Waals surface area contributed by atoms with Crippen molar-refractivity contribution in [2.45, 2.75) is 6.54 Å². The molecule has 0 spiro atoms. The highest BCUT2D eigenvalue weighted by Gasteiger charge is 2.19. The minimum atomic E-state index is -1.51. The van der Waals surface area contributed by atoms with E-state index in [2.05, 4.69) is 37.2 Å². The van der Waals surface area contributed by atoms with Crippen molar-refractivity contribution in [1.29, 1.82) is 0 Å². The van der Waals surface area contributed by atoms with Crippen molar-refractivity contribution in [2.75, 3.05) is 36.4 Å². The van der Waals surface area contributed by atoms with Gasteiger partial charge in [-0.1, -0.05) is 30.3 Å². The van der Waals surface area contributed by atoms with E-state index >= 15 is 0 Å². The summed E-state index contributed by atoms with van der Waals surface area (Å²) in [5.41, 5.74) is 1.10. The van der Waals surface area contributed by atoms with Crippen LogP contribution in [0.15, 0.2) is 54.9 Å². The summed E-state index contributed by atoms with van der Waals surface area (Å²) in [4.78, 5) is 12.8. The summed E-state index contributed by atoms with van der Waals surface area (Å²) in [6, 6.07) is 14.0. The molecule has 0 atom stereocenters. The Balaban J connectivity index is 1.40. The summed E-state index contributed by atoms with van der Waals surface area (Å²) in [5.74, 6) is -3.01. The average Bonchev–Trinajstić information content (AvgIpc) is 2.76. The van der Waals surface area contributed by atoms with Gasteiger partial charge in [0.05, 0.1) is 5.69 Å². The van der Waals surface area contributed by atoms with Gasteiger partial charge in [0.15, 0.2) is 17.5 Å². The molecule has 0 saturated carbocycles. The number of halogens is 3. The zero-order valence-corrected chi connectivity index (χ0v) is 15.7. The maximum atomic E-state index is 13.9. The molecule has 2 heterocycles. The Morgan fingerprint density at radius 3 is 2.38 bits per heavy atom. The maximum Gasteiger partial charge on any atom is 0.196 e. The van der Waals surface area contributed by atoms with E-state index in [-0.39, 0.29) is 5.69 Å². The third-order valence-electron chi connectivity index (χ3n) is 4.90. The van der Waals surface area contributed by atoms with E-state index in [0.717, 1.165) is 44.9 Å². The number of aromatic nitrogens is 2. The molecule has 1 saturated heterocycles. The zero-order valence-electron chi connectivity index (χ0n) is 15.7. The lowest BCUT2D eigenvalue weighted by Crippen LogP contribution is -2.46. The second kappa shape index (κ2) is 8.48. The van der Waals surface area contributed by atoms with Gasteiger partial charge in [-0.15, -0.1) is 0 Å². The van der Waals surface area contributed by atoms with Gasteiger partial charge < -0.3 is 10.2 Å². The maximum absolute atomic E-state index is 13.9. The third-order valence-corrected chi connectivity index (χ3v) is 4.90. The fourth-order valence-corrected chi connectivity index (χ4v) is 3.33. The van der Waals surface area contributed by atoms with E-state index in [9.17, 15) is 13.2 Å². The average molecular weight is 399 g/mol. The highest BCUT2D eigenvalue weighted by atomic mass is 19.2. The van der Waals surface area contributed by atoms with Crippen LogP contribution >= 0.6 is 0 Å². The zero-order chi connectivity index (χ0) is 20.2. The smallest absolute Gasteiger partial charge is 0.196 e. The fourth-order valence-electron chi connectivity index (χ4n) is 3.33. The molecule has 1 N–H and O–H groups in total. The van der Waals surface area contributed by atoms with Gasteiger partial charge in [-0.3, -0.25) is 4.90 Å². The summed E-state index contributed by atoms with van der Waals surface area (Å²) < 4.78 is 40.4. The molecular formula is C21H20F3N5. The molecule has 5 nitrogen and oxygen atoms in total. The Morgan fingerprint density at radius 2 is 1.62 bits per heavy atom. The van der Waals surface area contributed by atoms with Crippen LogP contribution in [0.25, 0.3) is 0 Å². The molecule has 150 valence electrons. The number of hydrogen-bond donors (Lipinski definition) is 1. The van der Waals surface area contributed by atoms with Crippen molar-refractivity contribution in [3.05, 3.63) is 77.9 Å². The third kappa shape index (κ3) is 4.48. The molecule has 3 aromatic rings. The SMILES string of the molecule is Fc1ccc(Nc2cc(N3CCN(Cc4ccccc4)CC3)ncn2)c(F)c1F. The van der Waals surface area contributed by atoms with Crippen LogP contribution in [0.1, 0.15) is 5.56 Å². The van der Waals surface area contributed by atoms with Crippen LogP contribution < -0.4 is 10.2 Å². The molecule has 1 aromatic heterocycles. The lowest BCUT2D eigenvalue weighted by molar-refractivity contribution is 0.249. The highest BCUT2D eigenvalue weighted by Crippen LogP contribution is 2.24. The van der Waals surface area contributed by atoms with E-state index in [0.29, 0.717) is 11.6 Å². The number of nitrogens with one attached hydrogen (secondary N) is 1. The lowest BCUT2D eigenvalue weighted by atomic mass is 10.2. The first-order valence-electron chi connectivity index (χ1n) is 9.34. The first kappa shape index (κ1) is 19.2.